The van der Waals surface area contributed by atoms with Gasteiger partial charge in [0.15, 0.2) is 0 Å². The minimum Gasteiger partial charge on any atom is -0.496 e. The molecular formula is C21H22F3NO2. The molecule has 0 aromatic heterocycles. The number of ether oxygens (including phenoxy) is 1. The Labute approximate surface area is 156 Å². The highest BCUT2D eigenvalue weighted by Crippen LogP contribution is 2.33. The summed E-state index contributed by atoms with van der Waals surface area (Å²) in [4.78, 5) is 12.6. The molecule has 3 nitrogen and oxygen atoms in total. The fourth-order valence-corrected chi connectivity index (χ4v) is 3.64. The summed E-state index contributed by atoms with van der Waals surface area (Å²) in [6.07, 6.45) is -3.79. The van der Waals surface area contributed by atoms with Crippen molar-refractivity contribution in [2.75, 3.05) is 20.2 Å². The van der Waals surface area contributed by atoms with Crippen LogP contribution < -0.4 is 4.74 Å². The predicted octanol–water partition coefficient (Wildman–Crippen LogP) is 4.34. The van der Waals surface area contributed by atoms with Gasteiger partial charge in [-0.1, -0.05) is 43.3 Å². The number of rotatable bonds is 3. The summed E-state index contributed by atoms with van der Waals surface area (Å²) in [5.74, 6) is -1.23. The van der Waals surface area contributed by atoms with Crippen LogP contribution in [0.15, 0.2) is 42.5 Å². The molecule has 0 unspecified atom stereocenters. The zero-order valence-corrected chi connectivity index (χ0v) is 15.3. The molecule has 144 valence electrons. The van der Waals surface area contributed by atoms with Gasteiger partial charge in [-0.05, 0) is 40.7 Å². The highest BCUT2D eigenvalue weighted by Gasteiger charge is 2.43. The number of fused-ring (bicyclic) bond motifs is 1. The van der Waals surface area contributed by atoms with Crippen LogP contribution in [0.5, 0.6) is 5.75 Å². The molecule has 0 aliphatic carbocycles. The van der Waals surface area contributed by atoms with E-state index < -0.39 is 12.1 Å². The summed E-state index contributed by atoms with van der Waals surface area (Å²) in [7, 11) is 1.59. The van der Waals surface area contributed by atoms with Gasteiger partial charge >= 0.3 is 12.1 Å². The first-order valence-electron chi connectivity index (χ1n) is 8.89. The third kappa shape index (κ3) is 4.26. The van der Waals surface area contributed by atoms with Gasteiger partial charge in [0.2, 0.25) is 0 Å². The van der Waals surface area contributed by atoms with Crippen LogP contribution in [0.2, 0.25) is 0 Å². The second-order valence-corrected chi connectivity index (χ2v) is 6.93. The maximum absolute atomic E-state index is 12.8. The van der Waals surface area contributed by atoms with E-state index in [1.807, 2.05) is 49.4 Å². The molecule has 0 bridgehead atoms. The van der Waals surface area contributed by atoms with Gasteiger partial charge in [-0.15, -0.1) is 0 Å². The van der Waals surface area contributed by atoms with Crippen molar-refractivity contribution in [3.05, 3.63) is 64.7 Å². The van der Waals surface area contributed by atoms with Gasteiger partial charge < -0.3 is 9.64 Å². The van der Waals surface area contributed by atoms with Gasteiger partial charge in [0, 0.05) is 19.5 Å². The summed E-state index contributed by atoms with van der Waals surface area (Å²) < 4.78 is 44.0. The van der Waals surface area contributed by atoms with E-state index in [9.17, 15) is 18.0 Å². The number of alkyl halides is 3. The van der Waals surface area contributed by atoms with E-state index in [0.717, 1.165) is 32.9 Å². The SMILES string of the molecule is COc1cc2c(cc1Cc1ccccc1)[C@@H](C)CN(C(=O)C(F)(F)F)CC2. The Balaban J connectivity index is 1.91. The normalized spacial score (nSPS) is 17.2. The summed E-state index contributed by atoms with van der Waals surface area (Å²) in [6, 6.07) is 13.9. The van der Waals surface area contributed by atoms with Crippen molar-refractivity contribution in [2.45, 2.75) is 31.9 Å². The molecule has 2 aromatic rings. The number of hydrogen-bond donors (Lipinski definition) is 0. The van der Waals surface area contributed by atoms with Crippen LogP contribution >= 0.6 is 0 Å². The van der Waals surface area contributed by atoms with Crippen LogP contribution in [0.4, 0.5) is 13.2 Å². The number of benzene rings is 2. The van der Waals surface area contributed by atoms with Gasteiger partial charge in [-0.25, -0.2) is 0 Å². The van der Waals surface area contributed by atoms with E-state index in [0.29, 0.717) is 12.8 Å². The van der Waals surface area contributed by atoms with E-state index in [2.05, 4.69) is 0 Å². The lowest BCUT2D eigenvalue weighted by atomic mass is 9.91. The Kier molecular flexibility index (Phi) is 5.44. The Morgan fingerprint density at radius 2 is 1.93 bits per heavy atom. The van der Waals surface area contributed by atoms with Gasteiger partial charge in [0.25, 0.3) is 0 Å². The maximum Gasteiger partial charge on any atom is 0.471 e. The number of amides is 1. The number of carbonyl (C=O) groups excluding carboxylic acids is 1. The number of carbonyl (C=O) groups is 1. The summed E-state index contributed by atoms with van der Waals surface area (Å²) in [5, 5.41) is 0. The molecule has 27 heavy (non-hydrogen) atoms. The molecule has 1 aliphatic rings. The number of methoxy groups -OCH3 is 1. The van der Waals surface area contributed by atoms with Crippen molar-refractivity contribution in [3.8, 4) is 5.75 Å². The molecule has 1 atom stereocenters. The minimum absolute atomic E-state index is 0.0524. The Bertz CT molecular complexity index is 818. The highest BCUT2D eigenvalue weighted by atomic mass is 19.4. The first kappa shape index (κ1) is 19.3. The lowest BCUT2D eigenvalue weighted by Gasteiger charge is -2.24. The highest BCUT2D eigenvalue weighted by molar-refractivity contribution is 5.82. The van der Waals surface area contributed by atoms with Gasteiger partial charge in [-0.2, -0.15) is 13.2 Å². The number of nitrogens with zero attached hydrogens (tertiary/aromatic N) is 1. The average Bonchev–Trinajstić information content (AvgIpc) is 2.79. The summed E-state index contributed by atoms with van der Waals surface area (Å²) in [5.41, 5.74) is 4.05. The van der Waals surface area contributed by atoms with Crippen LogP contribution in [0.3, 0.4) is 0 Å². The Morgan fingerprint density at radius 3 is 2.56 bits per heavy atom. The van der Waals surface area contributed by atoms with Gasteiger partial charge in [-0.3, -0.25) is 4.79 Å². The molecular weight excluding hydrogens is 355 g/mol. The third-order valence-corrected chi connectivity index (χ3v) is 4.99. The molecule has 1 amide bonds. The van der Waals surface area contributed by atoms with Crippen molar-refractivity contribution >= 4 is 5.91 Å². The smallest absolute Gasteiger partial charge is 0.471 e. The predicted molar refractivity (Wildman–Crippen MR) is 97.0 cm³/mol. The van der Waals surface area contributed by atoms with Crippen molar-refractivity contribution in [1.82, 2.24) is 4.90 Å². The molecule has 0 radical (unpaired) electrons. The minimum atomic E-state index is -4.84. The average molecular weight is 377 g/mol. The first-order chi connectivity index (χ1) is 12.8. The quantitative estimate of drug-likeness (QED) is 0.797. The topological polar surface area (TPSA) is 29.5 Å². The van der Waals surface area contributed by atoms with E-state index in [1.165, 1.54) is 0 Å². The van der Waals surface area contributed by atoms with Gasteiger partial charge in [0.1, 0.15) is 5.75 Å². The molecule has 1 aliphatic heterocycles. The molecule has 0 N–H and O–H groups in total. The van der Waals surface area contributed by atoms with Crippen LogP contribution in [-0.4, -0.2) is 37.2 Å². The van der Waals surface area contributed by atoms with Crippen molar-refractivity contribution in [3.63, 3.8) is 0 Å². The zero-order chi connectivity index (χ0) is 19.6. The molecule has 1 heterocycles. The van der Waals surface area contributed by atoms with E-state index in [1.54, 1.807) is 7.11 Å². The van der Waals surface area contributed by atoms with Crippen LogP contribution in [0, 0.1) is 0 Å². The lowest BCUT2D eigenvalue weighted by Crippen LogP contribution is -2.42. The Hall–Kier alpha value is -2.50. The van der Waals surface area contributed by atoms with Crippen LogP contribution in [-0.2, 0) is 17.6 Å². The van der Waals surface area contributed by atoms with E-state index in [-0.39, 0.29) is 19.0 Å². The van der Waals surface area contributed by atoms with Crippen molar-refractivity contribution < 1.29 is 22.7 Å². The molecule has 0 saturated carbocycles. The Morgan fingerprint density at radius 1 is 1.22 bits per heavy atom. The fraction of sp³-hybridized carbons (Fsp3) is 0.381. The maximum atomic E-state index is 12.8. The molecule has 3 rings (SSSR count). The zero-order valence-electron chi connectivity index (χ0n) is 15.3. The summed E-state index contributed by atoms with van der Waals surface area (Å²) >= 11 is 0. The first-order valence-corrected chi connectivity index (χ1v) is 8.89. The number of hydrogen-bond acceptors (Lipinski definition) is 2. The molecule has 0 saturated heterocycles. The molecule has 2 aromatic carbocycles. The standard InChI is InChI=1S/C21H22F3NO2/c1-14-13-25(20(26)21(22,23)24)9-8-16-12-19(27-2)17(11-18(14)16)10-15-6-4-3-5-7-15/h3-7,11-12,14H,8-10,13H2,1-2H3/t14-/m0/s1. The van der Waals surface area contributed by atoms with E-state index in [4.69, 9.17) is 4.74 Å². The molecule has 0 spiro atoms. The summed E-state index contributed by atoms with van der Waals surface area (Å²) in [6.45, 7) is 1.97. The van der Waals surface area contributed by atoms with Gasteiger partial charge in [0.05, 0.1) is 7.11 Å². The third-order valence-electron chi connectivity index (χ3n) is 4.99. The van der Waals surface area contributed by atoms with Crippen molar-refractivity contribution in [1.29, 1.82) is 0 Å². The largest absolute Gasteiger partial charge is 0.496 e. The lowest BCUT2D eigenvalue weighted by molar-refractivity contribution is -0.185. The molecule has 6 heteroatoms. The second kappa shape index (κ2) is 7.62. The van der Waals surface area contributed by atoms with Crippen molar-refractivity contribution in [2.24, 2.45) is 0 Å². The molecule has 0 fully saturated rings. The monoisotopic (exact) mass is 377 g/mol. The second-order valence-electron chi connectivity index (χ2n) is 6.93. The fourth-order valence-electron chi connectivity index (χ4n) is 3.64. The number of halogens is 3. The van der Waals surface area contributed by atoms with Crippen LogP contribution in [0.25, 0.3) is 0 Å². The van der Waals surface area contributed by atoms with E-state index >= 15 is 0 Å². The van der Waals surface area contributed by atoms with Crippen LogP contribution in [0.1, 0.15) is 35.1 Å².